The Morgan fingerprint density at radius 1 is 1.11 bits per heavy atom. The van der Waals surface area contributed by atoms with Gasteiger partial charge in [0.1, 0.15) is 11.1 Å². The lowest BCUT2D eigenvalue weighted by molar-refractivity contribution is 0.0697. The number of carbonyl (C=O) groups is 1. The smallest absolute Gasteiger partial charge is 0.335 e. The van der Waals surface area contributed by atoms with Crippen LogP contribution in [-0.4, -0.2) is 44.3 Å². The lowest BCUT2D eigenvalue weighted by Gasteiger charge is -2.42. The molecule has 182 valence electrons. The summed E-state index contributed by atoms with van der Waals surface area (Å²) in [4.78, 5) is 34.0. The molecule has 1 saturated heterocycles. The van der Waals surface area contributed by atoms with Crippen molar-refractivity contribution in [3.05, 3.63) is 93.4 Å². The fraction of sp³-hybridized carbons (Fsp3) is 0.259. The number of hydrogen-bond acceptors (Lipinski definition) is 6. The average molecular weight is 483 g/mol. The number of carboxylic acid groups (broad SMARTS) is 1. The van der Waals surface area contributed by atoms with Crippen molar-refractivity contribution in [1.29, 1.82) is 0 Å². The zero-order valence-corrected chi connectivity index (χ0v) is 19.6. The third kappa shape index (κ3) is 3.43. The van der Waals surface area contributed by atoms with Crippen molar-refractivity contribution >= 4 is 28.5 Å². The Hall–Kier alpha value is -4.24. The first-order valence-corrected chi connectivity index (χ1v) is 12.0. The normalized spacial score (nSPS) is 18.5. The van der Waals surface area contributed by atoms with E-state index in [2.05, 4.69) is 55.9 Å². The minimum atomic E-state index is -1.01. The van der Waals surface area contributed by atoms with Crippen LogP contribution in [0.1, 0.15) is 51.6 Å². The van der Waals surface area contributed by atoms with E-state index in [1.807, 2.05) is 0 Å². The van der Waals surface area contributed by atoms with Crippen LogP contribution in [0.2, 0.25) is 0 Å². The second-order valence-corrected chi connectivity index (χ2v) is 9.75. The van der Waals surface area contributed by atoms with Gasteiger partial charge in [-0.05, 0) is 53.5 Å². The molecule has 1 atom stereocenters. The lowest BCUT2D eigenvalue weighted by Crippen LogP contribution is -2.45. The van der Waals surface area contributed by atoms with Gasteiger partial charge in [0, 0.05) is 24.7 Å². The highest BCUT2D eigenvalue weighted by Crippen LogP contribution is 2.50. The number of carboxylic acids is 1. The Kier molecular flexibility index (Phi) is 5.04. The number of H-pyrrole nitrogens is 2. The van der Waals surface area contributed by atoms with Gasteiger partial charge in [0.05, 0.1) is 5.56 Å². The van der Waals surface area contributed by atoms with E-state index in [-0.39, 0.29) is 22.6 Å². The molecule has 2 aromatic carbocycles. The molecule has 6 rings (SSSR count). The van der Waals surface area contributed by atoms with Crippen LogP contribution in [0, 0.1) is 5.41 Å². The van der Waals surface area contributed by atoms with Crippen LogP contribution in [0.4, 0.5) is 5.95 Å². The largest absolute Gasteiger partial charge is 0.478 e. The lowest BCUT2D eigenvalue weighted by atomic mass is 9.73. The number of aromatic nitrogens is 4. The van der Waals surface area contributed by atoms with Gasteiger partial charge in [0.25, 0.3) is 5.56 Å². The number of aromatic carboxylic acids is 1. The second-order valence-electron chi connectivity index (χ2n) is 9.75. The molecule has 1 fully saturated rings. The zero-order chi connectivity index (χ0) is 25.0. The molecule has 2 aromatic heterocycles. The van der Waals surface area contributed by atoms with Crippen LogP contribution < -0.4 is 16.2 Å². The molecule has 9 heteroatoms. The number of nitrogens with two attached hydrogens (primary N) is 1. The van der Waals surface area contributed by atoms with Gasteiger partial charge in [-0.1, -0.05) is 43.0 Å². The average Bonchev–Trinajstić information content (AvgIpc) is 3.44. The third-order valence-electron chi connectivity index (χ3n) is 7.83. The number of nitrogens with zero attached hydrogens (tertiary/aromatic N) is 3. The number of aromatic amines is 2. The van der Waals surface area contributed by atoms with Crippen LogP contribution in [0.15, 0.2) is 59.9 Å². The van der Waals surface area contributed by atoms with E-state index in [9.17, 15) is 9.59 Å². The fourth-order valence-corrected chi connectivity index (χ4v) is 5.71. The molecule has 1 aliphatic carbocycles. The topological polar surface area (TPSA) is 141 Å². The standard InChI is InChI=1S/C27H26N6O3/c1-15(16-6-8-17(9-7-16)25(35)36)21-20-23(32-31-21)29-26(30-24(20)34)33-12-10-27(11-13-33)14-18-4-2-3-5-19(18)22(27)28/h2-9,22H,1,10-14,28H2,(H,35,36)(H2,29,30,31,32,34). The number of fused-ring (bicyclic) bond motifs is 2. The SMILES string of the molecule is C=C(c1ccc(C(=O)O)cc1)c1n[nH]c2nc(N3CCC4(CC3)Cc3ccccc3C4N)[nH]c(=O)c12. The molecule has 36 heavy (non-hydrogen) atoms. The van der Waals surface area contributed by atoms with E-state index in [0.29, 0.717) is 33.8 Å². The highest BCUT2D eigenvalue weighted by molar-refractivity contribution is 5.93. The van der Waals surface area contributed by atoms with E-state index >= 15 is 0 Å². The van der Waals surface area contributed by atoms with Gasteiger partial charge in [0.2, 0.25) is 5.95 Å². The number of hydrogen-bond donors (Lipinski definition) is 4. The Morgan fingerprint density at radius 2 is 1.81 bits per heavy atom. The van der Waals surface area contributed by atoms with Crippen molar-refractivity contribution < 1.29 is 9.90 Å². The number of rotatable bonds is 4. The first kappa shape index (κ1) is 22.2. The Morgan fingerprint density at radius 3 is 2.50 bits per heavy atom. The monoisotopic (exact) mass is 482 g/mol. The molecule has 1 spiro atoms. The molecular weight excluding hydrogens is 456 g/mol. The molecule has 3 heterocycles. The summed E-state index contributed by atoms with van der Waals surface area (Å²) in [6.07, 6.45) is 2.82. The van der Waals surface area contributed by atoms with Gasteiger partial charge >= 0.3 is 5.97 Å². The maximum Gasteiger partial charge on any atom is 0.335 e. The molecule has 0 amide bonds. The van der Waals surface area contributed by atoms with Crippen LogP contribution in [-0.2, 0) is 6.42 Å². The molecule has 1 aliphatic heterocycles. The van der Waals surface area contributed by atoms with Gasteiger partial charge in [-0.15, -0.1) is 0 Å². The highest BCUT2D eigenvalue weighted by atomic mass is 16.4. The van der Waals surface area contributed by atoms with Gasteiger partial charge in [0.15, 0.2) is 5.65 Å². The van der Waals surface area contributed by atoms with Crippen LogP contribution in [0.25, 0.3) is 16.6 Å². The Bertz CT molecular complexity index is 1560. The van der Waals surface area contributed by atoms with E-state index in [1.54, 1.807) is 12.1 Å². The van der Waals surface area contributed by atoms with Crippen molar-refractivity contribution in [3.8, 4) is 0 Å². The van der Waals surface area contributed by atoms with Crippen molar-refractivity contribution in [3.63, 3.8) is 0 Å². The van der Waals surface area contributed by atoms with Gasteiger partial charge in [-0.3, -0.25) is 14.9 Å². The Labute approximate surface area is 206 Å². The molecule has 2 aliphatic rings. The molecule has 4 aromatic rings. The van der Waals surface area contributed by atoms with Crippen LogP contribution in [0.3, 0.4) is 0 Å². The van der Waals surface area contributed by atoms with Crippen LogP contribution in [0.5, 0.6) is 0 Å². The first-order valence-electron chi connectivity index (χ1n) is 12.0. The molecule has 1 unspecified atom stereocenters. The number of nitrogens with one attached hydrogen (secondary N) is 2. The summed E-state index contributed by atoms with van der Waals surface area (Å²) in [6.45, 7) is 5.58. The summed E-state index contributed by atoms with van der Waals surface area (Å²) >= 11 is 0. The van der Waals surface area contributed by atoms with Gasteiger partial charge in [-0.25, -0.2) is 4.79 Å². The van der Waals surface area contributed by atoms with E-state index in [1.165, 1.54) is 23.3 Å². The molecule has 9 nitrogen and oxygen atoms in total. The quantitative estimate of drug-likeness (QED) is 0.350. The molecule has 0 saturated carbocycles. The molecule has 0 bridgehead atoms. The summed E-state index contributed by atoms with van der Waals surface area (Å²) in [5.74, 6) is -0.494. The maximum atomic E-state index is 13.1. The molecule has 5 N–H and O–H groups in total. The van der Waals surface area contributed by atoms with E-state index in [4.69, 9.17) is 10.8 Å². The minimum absolute atomic E-state index is 0.0241. The fourth-order valence-electron chi connectivity index (χ4n) is 5.71. The maximum absolute atomic E-state index is 13.1. The van der Waals surface area contributed by atoms with Gasteiger partial charge in [-0.2, -0.15) is 10.1 Å². The van der Waals surface area contributed by atoms with E-state index in [0.717, 1.165) is 32.4 Å². The summed E-state index contributed by atoms with van der Waals surface area (Å²) in [5, 5.41) is 16.6. The third-order valence-corrected chi connectivity index (χ3v) is 7.83. The van der Waals surface area contributed by atoms with Crippen molar-refractivity contribution in [2.45, 2.75) is 25.3 Å². The number of benzene rings is 2. The number of anilines is 1. The van der Waals surface area contributed by atoms with Crippen LogP contribution >= 0.6 is 0 Å². The predicted molar refractivity (Wildman–Crippen MR) is 137 cm³/mol. The summed E-state index contributed by atoms with van der Waals surface area (Å²) in [7, 11) is 0. The summed E-state index contributed by atoms with van der Waals surface area (Å²) in [6, 6.07) is 14.8. The summed E-state index contributed by atoms with van der Waals surface area (Å²) < 4.78 is 0. The number of piperidine rings is 1. The van der Waals surface area contributed by atoms with E-state index < -0.39 is 5.97 Å². The van der Waals surface area contributed by atoms with Gasteiger partial charge < -0.3 is 15.7 Å². The first-order chi connectivity index (χ1) is 17.4. The van der Waals surface area contributed by atoms with Crippen molar-refractivity contribution in [1.82, 2.24) is 20.2 Å². The summed E-state index contributed by atoms with van der Waals surface area (Å²) in [5.41, 5.74) is 11.2. The molecule has 0 radical (unpaired) electrons. The highest BCUT2D eigenvalue weighted by Gasteiger charge is 2.46. The van der Waals surface area contributed by atoms with Crippen molar-refractivity contribution in [2.75, 3.05) is 18.0 Å². The predicted octanol–water partition coefficient (Wildman–Crippen LogP) is 3.25. The zero-order valence-electron chi connectivity index (χ0n) is 19.6. The molecular formula is C27H26N6O3. The minimum Gasteiger partial charge on any atom is -0.478 e. The Balaban J connectivity index is 1.24. The second kappa shape index (κ2) is 8.17. The van der Waals surface area contributed by atoms with Crippen molar-refractivity contribution in [2.24, 2.45) is 11.1 Å².